The van der Waals surface area contributed by atoms with Gasteiger partial charge in [0.15, 0.2) is 5.82 Å². The molecular weight excluding hydrogens is 454 g/mol. The van der Waals surface area contributed by atoms with Crippen LogP contribution in [0.2, 0.25) is 0 Å². The molecule has 0 amide bonds. The molecule has 0 unspecified atom stereocenters. The first-order valence-corrected chi connectivity index (χ1v) is 12.5. The number of para-hydroxylation sites is 1. The second-order valence-corrected chi connectivity index (χ2v) is 9.76. The smallest absolute Gasteiger partial charge is 0.210 e. The summed E-state index contributed by atoms with van der Waals surface area (Å²) >= 11 is 3.07. The minimum Gasteiger partial charge on any atom is -0.486 e. The van der Waals surface area contributed by atoms with Crippen LogP contribution >= 0.6 is 23.1 Å². The van der Waals surface area contributed by atoms with Crippen LogP contribution in [0.15, 0.2) is 59.1 Å². The zero-order chi connectivity index (χ0) is 23.2. The number of nitrogens with zero attached hydrogens (tertiary/aromatic N) is 4. The first kappa shape index (κ1) is 23.1. The Morgan fingerprint density at radius 2 is 1.88 bits per heavy atom. The highest BCUT2D eigenvalue weighted by atomic mass is 32.2. The molecule has 0 radical (unpaired) electrons. The van der Waals surface area contributed by atoms with Crippen LogP contribution in [-0.2, 0) is 19.0 Å². The number of nitrogen functional groups attached to an aromatic ring is 1. The Balaban J connectivity index is 1.32. The van der Waals surface area contributed by atoms with Gasteiger partial charge < -0.3 is 15.3 Å². The number of thioether (sulfide) groups is 1. The molecule has 0 atom stereocenters. The molecule has 0 saturated carbocycles. The minimum atomic E-state index is 0.255. The number of aryl methyl sites for hydroxylation is 1. The highest BCUT2D eigenvalue weighted by Crippen LogP contribution is 2.28. The van der Waals surface area contributed by atoms with Gasteiger partial charge in [0.05, 0.1) is 5.69 Å². The number of hydrogen-bond acceptors (Lipinski definition) is 8. The van der Waals surface area contributed by atoms with Gasteiger partial charge in [-0.25, -0.2) is 9.66 Å². The fraction of sp³-hybridized carbons (Fsp3) is 0.292. The molecule has 0 aliphatic rings. The van der Waals surface area contributed by atoms with E-state index < -0.39 is 0 Å². The van der Waals surface area contributed by atoms with E-state index in [1.165, 1.54) is 16.4 Å². The van der Waals surface area contributed by atoms with Crippen molar-refractivity contribution in [1.82, 2.24) is 19.9 Å². The zero-order valence-electron chi connectivity index (χ0n) is 18.9. The molecule has 0 aliphatic heterocycles. The van der Waals surface area contributed by atoms with Crippen LogP contribution in [0.1, 0.15) is 47.4 Å². The normalized spacial score (nSPS) is 11.2. The maximum Gasteiger partial charge on any atom is 0.210 e. The predicted octanol–water partition coefficient (Wildman–Crippen LogP) is 5.33. The highest BCUT2D eigenvalue weighted by molar-refractivity contribution is 7.98. The number of hydrogen-bond donors (Lipinski definition) is 1. The number of benzene rings is 2. The minimum absolute atomic E-state index is 0.255. The van der Waals surface area contributed by atoms with Gasteiger partial charge in [0, 0.05) is 11.1 Å². The first-order chi connectivity index (χ1) is 16.0. The monoisotopic (exact) mass is 481 g/mol. The third kappa shape index (κ3) is 6.06. The lowest BCUT2D eigenvalue weighted by atomic mass is 10.0. The molecule has 2 N–H and O–H groups in total. The molecule has 4 aromatic rings. The predicted molar refractivity (Wildman–Crippen MR) is 132 cm³/mol. The molecule has 0 spiro atoms. The van der Waals surface area contributed by atoms with Crippen LogP contribution in [0.4, 0.5) is 0 Å². The summed E-state index contributed by atoms with van der Waals surface area (Å²) in [7, 11) is 0. The van der Waals surface area contributed by atoms with Gasteiger partial charge in [-0.15, -0.1) is 21.5 Å². The Bertz CT molecular complexity index is 1190. The van der Waals surface area contributed by atoms with Gasteiger partial charge in [-0.2, -0.15) is 0 Å². The molecule has 9 heteroatoms. The molecule has 2 heterocycles. The summed E-state index contributed by atoms with van der Waals surface area (Å²) in [4.78, 5) is 4.64. The van der Waals surface area contributed by atoms with E-state index in [9.17, 15) is 0 Å². The number of nitrogens with two attached hydrogens (primary N) is 1. The topological polar surface area (TPSA) is 88.1 Å². The SMILES string of the molecule is Cc1ccc(C(C)C)c(OCc2nnc(SCc3csc(COc4ccccc4)n3)n2N)c1. The van der Waals surface area contributed by atoms with E-state index in [4.69, 9.17) is 15.3 Å². The van der Waals surface area contributed by atoms with Gasteiger partial charge in [0.2, 0.25) is 5.16 Å². The van der Waals surface area contributed by atoms with Crippen molar-refractivity contribution >= 4 is 23.1 Å². The third-order valence-electron chi connectivity index (χ3n) is 4.94. The summed E-state index contributed by atoms with van der Waals surface area (Å²) in [5.74, 6) is 9.50. The average molecular weight is 482 g/mol. The largest absolute Gasteiger partial charge is 0.486 e. The lowest BCUT2D eigenvalue weighted by Crippen LogP contribution is -2.16. The molecule has 0 fully saturated rings. The highest BCUT2D eigenvalue weighted by Gasteiger charge is 2.14. The van der Waals surface area contributed by atoms with Crippen LogP contribution in [-0.4, -0.2) is 19.9 Å². The van der Waals surface area contributed by atoms with Crippen LogP contribution in [0, 0.1) is 6.92 Å². The van der Waals surface area contributed by atoms with E-state index >= 15 is 0 Å². The second kappa shape index (κ2) is 10.7. The van der Waals surface area contributed by atoms with E-state index in [1.54, 1.807) is 11.3 Å². The van der Waals surface area contributed by atoms with Gasteiger partial charge in [-0.1, -0.05) is 55.9 Å². The molecule has 2 aromatic carbocycles. The quantitative estimate of drug-likeness (QED) is 0.242. The number of aromatic nitrogens is 4. The number of thiazole rings is 1. The van der Waals surface area contributed by atoms with Crippen LogP contribution in [0.25, 0.3) is 0 Å². The summed E-state index contributed by atoms with van der Waals surface area (Å²) in [5.41, 5.74) is 3.27. The van der Waals surface area contributed by atoms with E-state index in [0.29, 0.717) is 29.3 Å². The van der Waals surface area contributed by atoms with Gasteiger partial charge in [0.25, 0.3) is 0 Å². The van der Waals surface area contributed by atoms with Gasteiger partial charge in [0.1, 0.15) is 29.7 Å². The Kier molecular flexibility index (Phi) is 7.51. The third-order valence-corrected chi connectivity index (χ3v) is 6.78. The molecule has 4 rings (SSSR count). The maximum atomic E-state index is 6.23. The van der Waals surface area contributed by atoms with Crippen molar-refractivity contribution in [2.45, 2.75) is 50.8 Å². The van der Waals surface area contributed by atoms with Gasteiger partial charge in [-0.3, -0.25) is 0 Å². The zero-order valence-corrected chi connectivity index (χ0v) is 20.5. The summed E-state index contributed by atoms with van der Waals surface area (Å²) in [6, 6.07) is 16.0. The molecule has 7 nitrogen and oxygen atoms in total. The van der Waals surface area contributed by atoms with Crippen LogP contribution < -0.4 is 15.3 Å². The lowest BCUT2D eigenvalue weighted by Gasteiger charge is -2.14. The molecule has 33 heavy (non-hydrogen) atoms. The summed E-state index contributed by atoms with van der Waals surface area (Å²) in [6.45, 7) is 7.05. The first-order valence-electron chi connectivity index (χ1n) is 10.7. The van der Waals surface area contributed by atoms with Crippen molar-refractivity contribution in [3.05, 3.63) is 81.6 Å². The Morgan fingerprint density at radius 1 is 1.06 bits per heavy atom. The van der Waals surface area contributed by atoms with Crippen molar-refractivity contribution in [3.63, 3.8) is 0 Å². The maximum absolute atomic E-state index is 6.23. The van der Waals surface area contributed by atoms with Crippen molar-refractivity contribution < 1.29 is 9.47 Å². The molecule has 2 aromatic heterocycles. The standard InChI is InChI=1S/C24H27N5O2S2/c1-16(2)20-10-9-17(3)11-21(20)31-12-22-27-28-24(29(22)25)33-15-18-14-32-23(26-18)13-30-19-7-5-4-6-8-19/h4-11,14,16H,12-13,15,25H2,1-3H3. The Morgan fingerprint density at radius 3 is 2.67 bits per heavy atom. The summed E-state index contributed by atoms with van der Waals surface area (Å²) in [5, 5.41) is 12.0. The number of ether oxygens (including phenoxy) is 2. The van der Waals surface area contributed by atoms with E-state index in [2.05, 4.69) is 48.1 Å². The van der Waals surface area contributed by atoms with E-state index in [0.717, 1.165) is 33.3 Å². The molecule has 0 bridgehead atoms. The van der Waals surface area contributed by atoms with E-state index in [1.807, 2.05) is 41.8 Å². The van der Waals surface area contributed by atoms with Crippen molar-refractivity contribution in [2.24, 2.45) is 0 Å². The van der Waals surface area contributed by atoms with Gasteiger partial charge >= 0.3 is 0 Å². The average Bonchev–Trinajstić information content (AvgIpc) is 3.41. The second-order valence-electron chi connectivity index (χ2n) is 7.88. The van der Waals surface area contributed by atoms with Crippen molar-refractivity contribution in [1.29, 1.82) is 0 Å². The lowest BCUT2D eigenvalue weighted by molar-refractivity contribution is 0.287. The van der Waals surface area contributed by atoms with Crippen molar-refractivity contribution in [2.75, 3.05) is 5.84 Å². The van der Waals surface area contributed by atoms with Crippen LogP contribution in [0.5, 0.6) is 11.5 Å². The fourth-order valence-electron chi connectivity index (χ4n) is 3.17. The van der Waals surface area contributed by atoms with E-state index in [-0.39, 0.29) is 6.61 Å². The molecule has 172 valence electrons. The Hall–Kier alpha value is -3.04. The number of rotatable bonds is 10. The fourth-order valence-corrected chi connectivity index (χ4v) is 4.75. The molecule has 0 saturated heterocycles. The van der Waals surface area contributed by atoms with Crippen molar-refractivity contribution in [3.8, 4) is 11.5 Å². The summed E-state index contributed by atoms with van der Waals surface area (Å²) < 4.78 is 13.3. The Labute approximate surface area is 202 Å². The molecular formula is C24H27N5O2S2. The van der Waals surface area contributed by atoms with Gasteiger partial charge in [-0.05, 0) is 42.2 Å². The molecule has 0 aliphatic carbocycles. The van der Waals surface area contributed by atoms with Crippen LogP contribution in [0.3, 0.4) is 0 Å². The summed E-state index contributed by atoms with van der Waals surface area (Å²) in [6.07, 6.45) is 0.